The maximum absolute atomic E-state index is 12.1. The number of carbonyl (C=O) groups is 1. The summed E-state index contributed by atoms with van der Waals surface area (Å²) in [6.45, 7) is 1.07. The molecule has 1 amide bonds. The maximum Gasteiger partial charge on any atom is 0.253 e. The van der Waals surface area contributed by atoms with Gasteiger partial charge in [-0.15, -0.1) is 0 Å². The molecule has 0 aliphatic rings. The van der Waals surface area contributed by atoms with E-state index in [0.29, 0.717) is 5.56 Å². The minimum absolute atomic E-state index is 0.00551. The molecule has 0 saturated heterocycles. The molecule has 0 bridgehead atoms. The van der Waals surface area contributed by atoms with Crippen LogP contribution in [0.5, 0.6) is 0 Å². The highest BCUT2D eigenvalue weighted by Crippen LogP contribution is 2.20. The second kappa shape index (κ2) is 5.03. The van der Waals surface area contributed by atoms with E-state index >= 15 is 0 Å². The van der Waals surface area contributed by atoms with Crippen molar-refractivity contribution in [1.82, 2.24) is 9.88 Å². The number of amides is 1. The highest BCUT2D eigenvalue weighted by atomic mass is 16.3. The Morgan fingerprint density at radius 1 is 1.42 bits per heavy atom. The maximum atomic E-state index is 12.1. The van der Waals surface area contributed by atoms with Crippen molar-refractivity contribution in [2.45, 2.75) is 12.5 Å². The van der Waals surface area contributed by atoms with Gasteiger partial charge in [-0.05, 0) is 13.0 Å². The molecule has 1 heterocycles. The zero-order valence-corrected chi connectivity index (χ0v) is 11.1. The summed E-state index contributed by atoms with van der Waals surface area (Å²) < 4.78 is 1.88. The first kappa shape index (κ1) is 13.6. The second-order valence-electron chi connectivity index (χ2n) is 5.01. The van der Waals surface area contributed by atoms with Gasteiger partial charge in [-0.2, -0.15) is 0 Å². The zero-order valence-electron chi connectivity index (χ0n) is 11.1. The Hall–Kier alpha value is -1.85. The Morgan fingerprint density at radius 3 is 2.79 bits per heavy atom. The van der Waals surface area contributed by atoms with Gasteiger partial charge in [-0.3, -0.25) is 4.79 Å². The van der Waals surface area contributed by atoms with Crippen molar-refractivity contribution in [2.75, 3.05) is 13.2 Å². The van der Waals surface area contributed by atoms with Crippen molar-refractivity contribution in [3.8, 4) is 0 Å². The minimum Gasteiger partial charge on any atom is -0.393 e. The predicted octanol–water partition coefficient (Wildman–Crippen LogP) is 0.651. The SMILES string of the molecule is Cn1cc(C(=O)NCC(C)(O)CO)c2ccccc21. The fourth-order valence-electron chi connectivity index (χ4n) is 1.94. The quantitative estimate of drug-likeness (QED) is 0.757. The number of nitrogens with zero attached hydrogens (tertiary/aromatic N) is 1. The van der Waals surface area contributed by atoms with Crippen LogP contribution in [0.1, 0.15) is 17.3 Å². The molecule has 102 valence electrons. The lowest BCUT2D eigenvalue weighted by atomic mass is 10.1. The monoisotopic (exact) mass is 262 g/mol. The van der Waals surface area contributed by atoms with Crippen molar-refractivity contribution in [3.05, 3.63) is 36.0 Å². The fourth-order valence-corrected chi connectivity index (χ4v) is 1.94. The predicted molar refractivity (Wildman–Crippen MR) is 73.0 cm³/mol. The first-order valence-electron chi connectivity index (χ1n) is 6.10. The summed E-state index contributed by atoms with van der Waals surface area (Å²) in [5.74, 6) is -0.259. The number of aliphatic hydroxyl groups is 2. The summed E-state index contributed by atoms with van der Waals surface area (Å²) in [7, 11) is 1.88. The normalized spacial score (nSPS) is 14.3. The van der Waals surface area contributed by atoms with Gasteiger partial charge in [-0.25, -0.2) is 0 Å². The third kappa shape index (κ3) is 2.77. The number of fused-ring (bicyclic) bond motifs is 1. The summed E-state index contributed by atoms with van der Waals surface area (Å²) in [6.07, 6.45) is 1.76. The molecule has 0 spiro atoms. The molecule has 1 aromatic carbocycles. The highest BCUT2D eigenvalue weighted by molar-refractivity contribution is 6.06. The molecule has 19 heavy (non-hydrogen) atoms. The molecule has 0 fully saturated rings. The van der Waals surface area contributed by atoms with E-state index in [1.807, 2.05) is 35.9 Å². The van der Waals surface area contributed by atoms with E-state index in [-0.39, 0.29) is 12.5 Å². The average molecular weight is 262 g/mol. The molecule has 0 aliphatic carbocycles. The van der Waals surface area contributed by atoms with Crippen LogP contribution in [0.25, 0.3) is 10.9 Å². The lowest BCUT2D eigenvalue weighted by Gasteiger charge is -2.20. The standard InChI is InChI=1S/C14H18N2O3/c1-14(19,9-17)8-15-13(18)11-7-16(2)12-6-4-3-5-10(11)12/h3-7,17,19H,8-9H2,1-2H3,(H,15,18). The Bertz CT molecular complexity index is 602. The average Bonchev–Trinajstić information content (AvgIpc) is 2.74. The third-order valence-electron chi connectivity index (χ3n) is 3.11. The smallest absolute Gasteiger partial charge is 0.253 e. The van der Waals surface area contributed by atoms with Crippen LogP contribution in [0.2, 0.25) is 0 Å². The lowest BCUT2D eigenvalue weighted by Crippen LogP contribution is -2.43. The number of aliphatic hydroxyl groups excluding tert-OH is 1. The summed E-state index contributed by atoms with van der Waals surface area (Å²) in [4.78, 5) is 12.1. The van der Waals surface area contributed by atoms with E-state index in [1.54, 1.807) is 6.20 Å². The van der Waals surface area contributed by atoms with Crippen LogP contribution in [0.4, 0.5) is 0 Å². The van der Waals surface area contributed by atoms with Crippen LogP contribution in [0.15, 0.2) is 30.5 Å². The van der Waals surface area contributed by atoms with E-state index in [0.717, 1.165) is 10.9 Å². The number of rotatable bonds is 4. The molecule has 1 unspecified atom stereocenters. The van der Waals surface area contributed by atoms with Crippen molar-refractivity contribution < 1.29 is 15.0 Å². The van der Waals surface area contributed by atoms with Gasteiger partial charge in [0.15, 0.2) is 0 Å². The zero-order chi connectivity index (χ0) is 14.0. The van der Waals surface area contributed by atoms with E-state index < -0.39 is 12.2 Å². The molecule has 5 heteroatoms. The van der Waals surface area contributed by atoms with Crippen LogP contribution < -0.4 is 5.32 Å². The molecule has 0 saturated carbocycles. The van der Waals surface area contributed by atoms with Crippen molar-refractivity contribution in [3.63, 3.8) is 0 Å². The van der Waals surface area contributed by atoms with Crippen LogP contribution in [0, 0.1) is 0 Å². The van der Waals surface area contributed by atoms with Crippen molar-refractivity contribution in [2.24, 2.45) is 7.05 Å². The first-order valence-corrected chi connectivity index (χ1v) is 6.10. The van der Waals surface area contributed by atoms with Crippen LogP contribution in [-0.2, 0) is 7.05 Å². The van der Waals surface area contributed by atoms with Gasteiger partial charge >= 0.3 is 0 Å². The molecule has 0 aliphatic heterocycles. The number of hydrogen-bond acceptors (Lipinski definition) is 3. The molecule has 0 radical (unpaired) electrons. The van der Waals surface area contributed by atoms with Gasteiger partial charge in [-0.1, -0.05) is 18.2 Å². The summed E-state index contributed by atoms with van der Waals surface area (Å²) in [5.41, 5.74) is 0.230. The Labute approximate surface area is 111 Å². The van der Waals surface area contributed by atoms with Gasteiger partial charge < -0.3 is 20.1 Å². The van der Waals surface area contributed by atoms with Gasteiger partial charge in [0.25, 0.3) is 5.91 Å². The van der Waals surface area contributed by atoms with Gasteiger partial charge in [0, 0.05) is 30.7 Å². The second-order valence-corrected chi connectivity index (χ2v) is 5.01. The first-order chi connectivity index (χ1) is 8.94. The Morgan fingerprint density at radius 2 is 2.11 bits per heavy atom. The molecular formula is C14H18N2O3. The number of aryl methyl sites for hydroxylation is 1. The van der Waals surface area contributed by atoms with Crippen LogP contribution in [0.3, 0.4) is 0 Å². The molecule has 1 aromatic heterocycles. The number of nitrogens with one attached hydrogen (secondary N) is 1. The Kier molecular flexibility index (Phi) is 3.59. The number of carbonyl (C=O) groups excluding carboxylic acids is 1. The fraction of sp³-hybridized carbons (Fsp3) is 0.357. The molecule has 1 atom stereocenters. The molecule has 2 rings (SSSR count). The number of para-hydroxylation sites is 1. The summed E-state index contributed by atoms with van der Waals surface area (Å²) in [5, 5.41) is 22.1. The van der Waals surface area contributed by atoms with E-state index in [4.69, 9.17) is 5.11 Å². The van der Waals surface area contributed by atoms with Gasteiger partial charge in [0.05, 0.1) is 12.2 Å². The molecular weight excluding hydrogens is 244 g/mol. The van der Waals surface area contributed by atoms with Crippen molar-refractivity contribution in [1.29, 1.82) is 0 Å². The van der Waals surface area contributed by atoms with Gasteiger partial charge in [0.1, 0.15) is 5.60 Å². The summed E-state index contributed by atoms with van der Waals surface area (Å²) >= 11 is 0. The van der Waals surface area contributed by atoms with Crippen LogP contribution >= 0.6 is 0 Å². The molecule has 5 nitrogen and oxygen atoms in total. The lowest BCUT2D eigenvalue weighted by molar-refractivity contribution is 0.00321. The topological polar surface area (TPSA) is 74.5 Å². The number of hydrogen-bond donors (Lipinski definition) is 3. The minimum atomic E-state index is -1.31. The summed E-state index contributed by atoms with van der Waals surface area (Å²) in [6, 6.07) is 7.62. The van der Waals surface area contributed by atoms with Crippen molar-refractivity contribution >= 4 is 16.8 Å². The van der Waals surface area contributed by atoms with E-state index in [9.17, 15) is 9.90 Å². The number of aromatic nitrogens is 1. The van der Waals surface area contributed by atoms with E-state index in [1.165, 1.54) is 6.92 Å². The van der Waals surface area contributed by atoms with Gasteiger partial charge in [0.2, 0.25) is 0 Å². The third-order valence-corrected chi connectivity index (χ3v) is 3.11. The highest BCUT2D eigenvalue weighted by Gasteiger charge is 2.21. The number of benzene rings is 1. The van der Waals surface area contributed by atoms with E-state index in [2.05, 4.69) is 5.32 Å². The molecule has 3 N–H and O–H groups in total. The van der Waals surface area contributed by atoms with Crippen LogP contribution in [-0.4, -0.2) is 39.4 Å². The Balaban J connectivity index is 2.23. The molecule has 2 aromatic rings. The largest absolute Gasteiger partial charge is 0.393 e.